The Bertz CT molecular complexity index is 1160. The van der Waals surface area contributed by atoms with Gasteiger partial charge in [-0.3, -0.25) is 4.79 Å². The van der Waals surface area contributed by atoms with E-state index in [-0.39, 0.29) is 5.56 Å². The Kier molecular flexibility index (Phi) is 4.50. The molecule has 0 bridgehead atoms. The first kappa shape index (κ1) is 16.6. The lowest BCUT2D eigenvalue weighted by Crippen LogP contribution is -2.14. The van der Waals surface area contributed by atoms with Gasteiger partial charge in [-0.1, -0.05) is 52.6 Å². The van der Waals surface area contributed by atoms with Crippen LogP contribution >= 0.6 is 46.7 Å². The van der Waals surface area contributed by atoms with Crippen LogP contribution in [0.4, 0.5) is 0 Å². The molecule has 3 aromatic heterocycles. The van der Waals surface area contributed by atoms with Crippen molar-refractivity contribution in [3.8, 4) is 5.69 Å². The zero-order valence-electron chi connectivity index (χ0n) is 12.9. The fourth-order valence-electron chi connectivity index (χ4n) is 2.19. The highest BCUT2D eigenvalue weighted by Gasteiger charge is 2.11. The van der Waals surface area contributed by atoms with Gasteiger partial charge in [-0.25, -0.2) is 9.67 Å². The van der Waals surface area contributed by atoms with Crippen LogP contribution in [0.25, 0.3) is 10.6 Å². The van der Waals surface area contributed by atoms with E-state index >= 15 is 0 Å². The van der Waals surface area contributed by atoms with Crippen molar-refractivity contribution in [2.24, 2.45) is 0 Å². The number of rotatable bonds is 4. The number of hydrogen-bond donors (Lipinski definition) is 0. The maximum atomic E-state index is 11.9. The van der Waals surface area contributed by atoms with E-state index in [9.17, 15) is 4.79 Å². The molecule has 3 heterocycles. The zero-order chi connectivity index (χ0) is 17.4. The van der Waals surface area contributed by atoms with Crippen LogP contribution in [-0.4, -0.2) is 24.4 Å². The highest BCUT2D eigenvalue weighted by Crippen LogP contribution is 2.28. The third-order valence-corrected chi connectivity index (χ3v) is 6.73. The second kappa shape index (κ2) is 6.79. The van der Waals surface area contributed by atoms with Crippen LogP contribution < -0.4 is 5.56 Å². The predicted octanol–water partition coefficient (Wildman–Crippen LogP) is 3.73. The summed E-state index contributed by atoms with van der Waals surface area (Å²) in [5.41, 5.74) is 1.49. The van der Waals surface area contributed by atoms with Crippen molar-refractivity contribution < 1.29 is 0 Å². The minimum absolute atomic E-state index is 0.154. The fraction of sp³-hybridized carbons (Fsp3) is 0.133. The van der Waals surface area contributed by atoms with Crippen LogP contribution in [0.2, 0.25) is 0 Å². The maximum absolute atomic E-state index is 11.9. The van der Waals surface area contributed by atoms with E-state index in [4.69, 9.17) is 12.2 Å². The number of aryl methyl sites for hydroxylation is 1. The van der Waals surface area contributed by atoms with Crippen molar-refractivity contribution in [2.75, 3.05) is 0 Å². The van der Waals surface area contributed by atoms with Gasteiger partial charge in [0.1, 0.15) is 5.01 Å². The monoisotopic (exact) mass is 405 g/mol. The van der Waals surface area contributed by atoms with Crippen molar-refractivity contribution >= 4 is 51.6 Å². The molecule has 0 spiro atoms. The molecule has 0 N–H and O–H groups in total. The lowest BCUT2D eigenvalue weighted by atomic mass is 10.3. The largest absolute Gasteiger partial charge is 0.275 e. The molecule has 0 saturated carbocycles. The number of hydrogen-bond acceptors (Lipinski definition) is 8. The molecule has 4 rings (SSSR count). The molecule has 0 atom stereocenters. The van der Waals surface area contributed by atoms with Gasteiger partial charge in [-0.2, -0.15) is 9.61 Å². The van der Waals surface area contributed by atoms with E-state index in [1.165, 1.54) is 33.3 Å². The first-order valence-corrected chi connectivity index (χ1v) is 10.3. The molecule has 1 aromatic carbocycles. The maximum Gasteiger partial charge on any atom is 0.275 e. The molecule has 0 amide bonds. The first-order valence-electron chi connectivity index (χ1n) is 7.25. The van der Waals surface area contributed by atoms with E-state index in [0.717, 1.165) is 15.0 Å². The van der Waals surface area contributed by atoms with Gasteiger partial charge in [0.25, 0.3) is 5.56 Å². The van der Waals surface area contributed by atoms with Crippen LogP contribution in [0.3, 0.4) is 0 Å². The lowest BCUT2D eigenvalue weighted by molar-refractivity contribution is 0.828. The Labute approximate surface area is 159 Å². The summed E-state index contributed by atoms with van der Waals surface area (Å²) in [5.74, 6) is 0.615. The van der Waals surface area contributed by atoms with Gasteiger partial charge >= 0.3 is 0 Å². The molecule has 0 radical (unpaired) electrons. The lowest BCUT2D eigenvalue weighted by Gasteiger charge is -1.98. The van der Waals surface area contributed by atoms with Gasteiger partial charge in [0.05, 0.1) is 11.4 Å². The average molecular weight is 406 g/mol. The van der Waals surface area contributed by atoms with Gasteiger partial charge in [0.2, 0.25) is 4.96 Å². The molecule has 0 unspecified atom stereocenters. The number of fused-ring (bicyclic) bond motifs is 1. The van der Waals surface area contributed by atoms with Gasteiger partial charge in [-0.15, -0.1) is 5.10 Å². The Morgan fingerprint density at radius 1 is 1.20 bits per heavy atom. The number of para-hydroxylation sites is 1. The minimum Gasteiger partial charge on any atom is -0.267 e. The molecule has 4 aromatic rings. The van der Waals surface area contributed by atoms with Crippen molar-refractivity contribution in [2.45, 2.75) is 17.0 Å². The molecule has 25 heavy (non-hydrogen) atoms. The Morgan fingerprint density at radius 3 is 2.80 bits per heavy atom. The molecule has 0 aliphatic carbocycles. The summed E-state index contributed by atoms with van der Waals surface area (Å²) in [6.45, 7) is 1.80. The van der Waals surface area contributed by atoms with Gasteiger partial charge in [-0.05, 0) is 31.3 Å². The van der Waals surface area contributed by atoms with Crippen LogP contribution in [-0.2, 0) is 5.75 Å². The van der Waals surface area contributed by atoms with Gasteiger partial charge < -0.3 is 0 Å². The van der Waals surface area contributed by atoms with E-state index in [0.29, 0.717) is 20.4 Å². The molecule has 126 valence electrons. The normalized spacial score (nSPS) is 11.2. The summed E-state index contributed by atoms with van der Waals surface area (Å²) in [7, 11) is 0. The second-order valence-corrected chi connectivity index (χ2v) is 8.98. The third-order valence-electron chi connectivity index (χ3n) is 3.26. The number of aromatic nitrogens is 5. The standard InChI is InChI=1S/C15H11N5OS4/c1-9-7-12(21)20-13(16-9)24-11(17-20)8-23-14-18-19(15(22)25-14)10-5-3-2-4-6-10/h2-7H,8H2,1H3. The molecule has 6 nitrogen and oxygen atoms in total. The molecular weight excluding hydrogens is 394 g/mol. The minimum atomic E-state index is -0.154. The zero-order valence-corrected chi connectivity index (χ0v) is 16.2. The van der Waals surface area contributed by atoms with Gasteiger partial charge in [0.15, 0.2) is 8.29 Å². The molecule has 0 aliphatic rings. The van der Waals surface area contributed by atoms with Crippen LogP contribution in [0.5, 0.6) is 0 Å². The molecule has 0 saturated heterocycles. The second-order valence-electron chi connectivity index (χ2n) is 5.10. The Hall–Kier alpha value is -1.88. The average Bonchev–Trinajstić information content (AvgIpc) is 3.17. The quantitative estimate of drug-likeness (QED) is 0.381. The summed E-state index contributed by atoms with van der Waals surface area (Å²) in [6.07, 6.45) is 0. The predicted molar refractivity (Wildman–Crippen MR) is 104 cm³/mol. The van der Waals surface area contributed by atoms with Crippen LogP contribution in [0, 0.1) is 10.9 Å². The van der Waals surface area contributed by atoms with E-state index < -0.39 is 0 Å². The summed E-state index contributed by atoms with van der Waals surface area (Å²) in [5, 5.41) is 9.73. The Morgan fingerprint density at radius 2 is 2.00 bits per heavy atom. The van der Waals surface area contributed by atoms with Crippen molar-refractivity contribution in [3.63, 3.8) is 0 Å². The van der Waals surface area contributed by atoms with E-state index in [1.54, 1.807) is 23.4 Å². The summed E-state index contributed by atoms with van der Waals surface area (Å²) >= 11 is 9.84. The first-order chi connectivity index (χ1) is 12.1. The summed E-state index contributed by atoms with van der Waals surface area (Å²) < 4.78 is 4.67. The van der Waals surface area contributed by atoms with Crippen LogP contribution in [0.1, 0.15) is 10.7 Å². The van der Waals surface area contributed by atoms with E-state index in [2.05, 4.69) is 15.2 Å². The number of nitrogens with zero attached hydrogens (tertiary/aromatic N) is 5. The summed E-state index contributed by atoms with van der Waals surface area (Å²) in [6, 6.07) is 11.3. The SMILES string of the molecule is Cc1cc(=O)n2nc(CSc3nn(-c4ccccc4)c(=S)s3)sc2n1. The summed E-state index contributed by atoms with van der Waals surface area (Å²) in [4.78, 5) is 16.9. The molecule has 10 heteroatoms. The Balaban J connectivity index is 1.57. The third kappa shape index (κ3) is 3.43. The number of thioether (sulfide) groups is 1. The topological polar surface area (TPSA) is 65.1 Å². The molecule has 0 fully saturated rings. The smallest absolute Gasteiger partial charge is 0.267 e. The van der Waals surface area contributed by atoms with E-state index in [1.807, 2.05) is 30.3 Å². The molecule has 0 aliphatic heterocycles. The van der Waals surface area contributed by atoms with Gasteiger partial charge in [0, 0.05) is 11.8 Å². The fourth-order valence-corrected chi connectivity index (χ4v) is 5.49. The highest BCUT2D eigenvalue weighted by molar-refractivity contribution is 8.00. The van der Waals surface area contributed by atoms with Crippen molar-refractivity contribution in [1.82, 2.24) is 24.4 Å². The molecular formula is C15H11N5OS4. The highest BCUT2D eigenvalue weighted by atomic mass is 32.2. The number of benzene rings is 1. The van der Waals surface area contributed by atoms with Crippen molar-refractivity contribution in [3.05, 3.63) is 61.4 Å². The van der Waals surface area contributed by atoms with Crippen LogP contribution in [0.15, 0.2) is 45.5 Å². The van der Waals surface area contributed by atoms with Crippen molar-refractivity contribution in [1.29, 1.82) is 0 Å².